The van der Waals surface area contributed by atoms with E-state index in [1.54, 1.807) is 27.9 Å². The Bertz CT molecular complexity index is 2300. The molecule has 7 rings (SSSR count). The van der Waals surface area contributed by atoms with Crippen LogP contribution < -0.4 is 42.5 Å². The van der Waals surface area contributed by atoms with Crippen LogP contribution in [0.15, 0.2) is 48.5 Å². The Hall–Kier alpha value is -5.88. The number of hydrogen-bond acceptors (Lipinski definition) is 10. The van der Waals surface area contributed by atoms with E-state index in [-0.39, 0.29) is 73.5 Å². The molecule has 2 saturated heterocycles. The van der Waals surface area contributed by atoms with Crippen molar-refractivity contribution in [2.45, 2.75) is 193 Å². The molecule has 3 aliphatic carbocycles. The summed E-state index contributed by atoms with van der Waals surface area (Å²) >= 11 is 0. The van der Waals surface area contributed by atoms with Crippen molar-refractivity contribution >= 4 is 47.3 Å². The van der Waals surface area contributed by atoms with Gasteiger partial charge in [-0.1, -0.05) is 103 Å². The average Bonchev–Trinajstić information content (AvgIpc) is 4.03. The molecule has 0 spiro atoms. The second-order valence-electron chi connectivity index (χ2n) is 24.3. The quantitative estimate of drug-likeness (QED) is 0.122. The average molecular weight is 1050 g/mol. The van der Waals surface area contributed by atoms with Crippen molar-refractivity contribution in [1.29, 1.82) is 0 Å². The lowest BCUT2D eigenvalue weighted by Gasteiger charge is -2.36. The Morgan fingerprint density at radius 1 is 0.500 bits per heavy atom. The van der Waals surface area contributed by atoms with Crippen LogP contribution in [0.2, 0.25) is 0 Å². The van der Waals surface area contributed by atoms with Gasteiger partial charge in [0, 0.05) is 37.0 Å². The number of hydrogen-bond donors (Lipinski definition) is 8. The molecule has 4 unspecified atom stereocenters. The van der Waals surface area contributed by atoms with E-state index in [0.29, 0.717) is 25.7 Å². The molecule has 0 bridgehead atoms. The number of fused-ring (bicyclic) bond motifs is 2. The van der Waals surface area contributed by atoms with Gasteiger partial charge in [0.2, 0.25) is 47.3 Å². The zero-order valence-electron chi connectivity index (χ0n) is 46.6. The van der Waals surface area contributed by atoms with Gasteiger partial charge in [-0.05, 0) is 125 Å². The molecule has 0 aromatic heterocycles. The number of likely N-dealkylation sites (N-methyl/N-ethyl adjacent to an activating group) is 2. The van der Waals surface area contributed by atoms with E-state index in [1.165, 1.54) is 20.9 Å². The van der Waals surface area contributed by atoms with E-state index < -0.39 is 82.8 Å². The summed E-state index contributed by atoms with van der Waals surface area (Å²) in [7, 11) is 3.32. The normalized spacial score (nSPS) is 26.1. The fourth-order valence-electron chi connectivity index (χ4n) is 12.0. The minimum atomic E-state index is -0.987. The van der Waals surface area contributed by atoms with Crippen molar-refractivity contribution in [2.75, 3.05) is 27.2 Å². The first kappa shape index (κ1) is 57.8. The second kappa shape index (κ2) is 24.6. The molecule has 2 aromatic rings. The van der Waals surface area contributed by atoms with E-state index in [0.717, 1.165) is 49.7 Å². The van der Waals surface area contributed by atoms with Gasteiger partial charge in [0.25, 0.3) is 0 Å². The van der Waals surface area contributed by atoms with Gasteiger partial charge in [0.05, 0.1) is 24.2 Å². The van der Waals surface area contributed by atoms with Crippen LogP contribution in [-0.2, 0) is 51.2 Å². The van der Waals surface area contributed by atoms with Crippen LogP contribution in [0.3, 0.4) is 0 Å². The molecule has 1 saturated carbocycles. The molecule has 18 nitrogen and oxygen atoms in total. The fraction of sp³-hybridized carbons (Fsp3) is 0.655. The zero-order chi connectivity index (χ0) is 55.2. The van der Waals surface area contributed by atoms with E-state index in [4.69, 9.17) is 0 Å². The summed E-state index contributed by atoms with van der Waals surface area (Å²) in [6.45, 7) is 14.6. The maximum absolute atomic E-state index is 14.8. The highest BCUT2D eigenvalue weighted by atomic mass is 16.2. The van der Waals surface area contributed by atoms with Crippen molar-refractivity contribution in [1.82, 2.24) is 52.3 Å². The molecule has 12 atom stereocenters. The second-order valence-corrected chi connectivity index (χ2v) is 24.3. The monoisotopic (exact) mass is 1050 g/mol. The largest absolute Gasteiger partial charge is 0.351 e. The summed E-state index contributed by atoms with van der Waals surface area (Å²) < 4.78 is 0. The third-order valence-electron chi connectivity index (χ3n) is 16.7. The highest BCUT2D eigenvalue weighted by molar-refractivity contribution is 5.96. The number of rotatable bonds is 16. The lowest BCUT2D eigenvalue weighted by atomic mass is 9.78. The molecule has 2 aromatic carbocycles. The molecule has 0 radical (unpaired) electrons. The fourth-order valence-corrected chi connectivity index (χ4v) is 12.0. The van der Waals surface area contributed by atoms with E-state index in [9.17, 15) is 38.4 Å². The van der Waals surface area contributed by atoms with Gasteiger partial charge in [-0.25, -0.2) is 0 Å². The molecular weight excluding hydrogens is 965 g/mol. The number of nitrogens with one attached hydrogen (secondary N) is 8. The number of benzene rings is 2. The predicted molar refractivity (Wildman–Crippen MR) is 290 cm³/mol. The molecule has 8 amide bonds. The lowest BCUT2D eigenvalue weighted by molar-refractivity contribution is -0.144. The maximum Gasteiger partial charge on any atom is 0.246 e. The summed E-state index contributed by atoms with van der Waals surface area (Å²) in [6, 6.07) is 9.26. The smallest absolute Gasteiger partial charge is 0.246 e. The van der Waals surface area contributed by atoms with Crippen molar-refractivity contribution in [3.8, 4) is 0 Å². The molecule has 76 heavy (non-hydrogen) atoms. The summed E-state index contributed by atoms with van der Waals surface area (Å²) in [5, 5.41) is 24.6. The first-order chi connectivity index (χ1) is 36.0. The van der Waals surface area contributed by atoms with E-state index in [1.807, 2.05) is 77.9 Å². The summed E-state index contributed by atoms with van der Waals surface area (Å²) in [5.41, 5.74) is 2.95. The Balaban J connectivity index is 1.09. The van der Waals surface area contributed by atoms with Crippen LogP contribution in [0.1, 0.15) is 154 Å². The van der Waals surface area contributed by atoms with Gasteiger partial charge in [-0.3, -0.25) is 38.4 Å². The van der Waals surface area contributed by atoms with E-state index in [2.05, 4.69) is 54.7 Å². The summed E-state index contributed by atoms with van der Waals surface area (Å²) in [4.78, 5) is 118. The zero-order valence-corrected chi connectivity index (χ0v) is 46.6. The summed E-state index contributed by atoms with van der Waals surface area (Å²) in [6.07, 6.45) is 7.64. The third-order valence-corrected chi connectivity index (χ3v) is 16.7. The molecule has 416 valence electrons. The van der Waals surface area contributed by atoms with Crippen molar-refractivity contribution < 1.29 is 38.4 Å². The van der Waals surface area contributed by atoms with Gasteiger partial charge in [0.1, 0.15) is 24.2 Å². The molecule has 5 aliphatic rings. The van der Waals surface area contributed by atoms with Crippen LogP contribution in [0.5, 0.6) is 0 Å². The topological polar surface area (TPSA) is 239 Å². The third kappa shape index (κ3) is 13.4. The van der Waals surface area contributed by atoms with Crippen LogP contribution in [0.25, 0.3) is 0 Å². The van der Waals surface area contributed by atoms with Crippen molar-refractivity contribution in [3.63, 3.8) is 0 Å². The first-order valence-electron chi connectivity index (χ1n) is 27.9. The molecular formula is C58H86N10O8. The highest BCUT2D eigenvalue weighted by Gasteiger charge is 2.49. The Morgan fingerprint density at radius 2 is 0.868 bits per heavy atom. The Kier molecular flexibility index (Phi) is 18.7. The number of likely N-dealkylation sites (tertiary alicyclic amines) is 2. The number of carbonyl (C=O) groups excluding carboxylic acids is 8. The molecule has 2 aliphatic heterocycles. The van der Waals surface area contributed by atoms with Gasteiger partial charge in [-0.15, -0.1) is 0 Å². The number of amides is 8. The number of carbonyl (C=O) groups is 8. The highest BCUT2D eigenvalue weighted by Crippen LogP contribution is 2.36. The standard InChI is InChI=1S/C58H86N10O8/c1-33(59-9)49(69)65-47(57(3,4)5)55(75)67-31-37(29-45(67)53(73)63-43-27-17-21-35-19-11-13-23-39(35)43)61-51(71)41-25-15-16-26-42(41)52(72)62-38-30-46(54(74)64-44-28-18-22-36-20-12-14-24-40(36)44)68(32-38)56(76)48(58(6,7)8)66-50(70)34(2)60-10/h11-14,19-20,23-24,33-34,37-38,41-48,59-60H,15-18,21-22,25-32H2,1-10H3,(H,61,71)(H,62,72)(H,63,73)(H,64,74)(H,65,69)(H,66,70)/t33-,34-,37-,38-,41?,42?,43+,44+,45-,46?,47+,48?/m0/s1. The minimum Gasteiger partial charge on any atom is -0.351 e. The minimum absolute atomic E-state index is 0.0171. The van der Waals surface area contributed by atoms with Crippen LogP contribution >= 0.6 is 0 Å². The van der Waals surface area contributed by atoms with E-state index >= 15 is 0 Å². The molecule has 2 heterocycles. The Labute approximate surface area is 449 Å². The van der Waals surface area contributed by atoms with Crippen molar-refractivity contribution in [3.05, 3.63) is 70.8 Å². The van der Waals surface area contributed by atoms with Crippen LogP contribution in [-0.4, -0.2) is 133 Å². The molecule has 3 fully saturated rings. The first-order valence-corrected chi connectivity index (χ1v) is 27.9. The van der Waals surface area contributed by atoms with Crippen LogP contribution in [0.4, 0.5) is 0 Å². The van der Waals surface area contributed by atoms with Gasteiger partial charge < -0.3 is 52.3 Å². The molecule has 18 heteroatoms. The van der Waals surface area contributed by atoms with Gasteiger partial charge in [0.15, 0.2) is 0 Å². The maximum atomic E-state index is 14.8. The van der Waals surface area contributed by atoms with Gasteiger partial charge >= 0.3 is 0 Å². The van der Waals surface area contributed by atoms with Crippen LogP contribution in [0, 0.1) is 22.7 Å². The number of nitrogens with zero attached hydrogens (tertiary/aromatic N) is 2. The Morgan fingerprint density at radius 3 is 1.22 bits per heavy atom. The summed E-state index contributed by atoms with van der Waals surface area (Å²) in [5.74, 6) is -4.42. The van der Waals surface area contributed by atoms with Crippen molar-refractivity contribution in [2.24, 2.45) is 22.7 Å². The molecule has 8 N–H and O–H groups in total. The lowest BCUT2D eigenvalue weighted by Crippen LogP contribution is -2.59. The predicted octanol–water partition coefficient (Wildman–Crippen LogP) is 3.63. The number of aryl methyl sites for hydroxylation is 2. The SMILES string of the molecule is CN[C@@H](C)C(=O)NC(C(=O)N1C[C@@H](NC(=O)C2CCCCC2C(=O)N[C@H]2C[C@@H](C(=O)N[C@@H]3CCCc4ccccc43)N(C(=O)[C@@H](NC(=O)[C@H](C)NC)C(C)(C)C)C2)CC1C(=O)N[C@@H]1CCCc2ccccc21)C(C)(C)C. The van der Waals surface area contributed by atoms with Gasteiger partial charge in [-0.2, -0.15) is 0 Å².